The fourth-order valence-electron chi connectivity index (χ4n) is 4.74. The quantitative estimate of drug-likeness (QED) is 0.900. The van der Waals surface area contributed by atoms with Gasteiger partial charge in [0.15, 0.2) is 0 Å². The second-order valence-electron chi connectivity index (χ2n) is 7.82. The van der Waals surface area contributed by atoms with E-state index in [1.165, 1.54) is 11.1 Å². The van der Waals surface area contributed by atoms with Crippen molar-refractivity contribution in [1.29, 1.82) is 0 Å². The van der Waals surface area contributed by atoms with Crippen LogP contribution < -0.4 is 10.9 Å². The maximum atomic E-state index is 13.3. The van der Waals surface area contributed by atoms with Crippen molar-refractivity contribution in [3.8, 4) is 5.69 Å². The van der Waals surface area contributed by atoms with Gasteiger partial charge in [-0.05, 0) is 61.4 Å². The second kappa shape index (κ2) is 5.81. The van der Waals surface area contributed by atoms with Crippen molar-refractivity contribution in [1.82, 2.24) is 14.8 Å². The van der Waals surface area contributed by atoms with Crippen LogP contribution in [0.5, 0.6) is 0 Å². The standard InChI is InChI=1S/C21H23N3O2/c1-13-8-9-24(18-7-3-5-14-4-2-6-17(14)18)21(26)19(13)20(25)23-11-15-10-16(12-23)22-15/h3,5,7-9,15-16,22H,2,4,6,10-12H2,1H3. The number of carbonyl (C=O) groups excluding carboxylic acids is 1. The van der Waals surface area contributed by atoms with Crippen molar-refractivity contribution >= 4 is 5.91 Å². The van der Waals surface area contributed by atoms with E-state index in [-0.39, 0.29) is 11.5 Å². The van der Waals surface area contributed by atoms with Crippen molar-refractivity contribution in [2.24, 2.45) is 0 Å². The smallest absolute Gasteiger partial charge is 0.268 e. The zero-order chi connectivity index (χ0) is 17.8. The Labute approximate surface area is 152 Å². The van der Waals surface area contributed by atoms with Crippen molar-refractivity contribution in [2.45, 2.75) is 44.7 Å². The Morgan fingerprint density at radius 2 is 1.92 bits per heavy atom. The van der Waals surface area contributed by atoms with Gasteiger partial charge in [-0.25, -0.2) is 0 Å². The number of aryl methyl sites for hydroxylation is 2. The lowest BCUT2D eigenvalue weighted by Crippen LogP contribution is -2.67. The van der Waals surface area contributed by atoms with Gasteiger partial charge in [-0.2, -0.15) is 0 Å². The molecule has 2 unspecified atom stereocenters. The van der Waals surface area contributed by atoms with Gasteiger partial charge in [0.05, 0.1) is 5.69 Å². The van der Waals surface area contributed by atoms with Gasteiger partial charge in [0.2, 0.25) is 0 Å². The minimum Gasteiger partial charge on any atom is -0.335 e. The third-order valence-electron chi connectivity index (χ3n) is 6.10. The van der Waals surface area contributed by atoms with E-state index < -0.39 is 0 Å². The van der Waals surface area contributed by atoms with Crippen LogP contribution in [-0.4, -0.2) is 40.5 Å². The van der Waals surface area contributed by atoms with Crippen LogP contribution in [-0.2, 0) is 12.8 Å². The van der Waals surface area contributed by atoms with Gasteiger partial charge in [-0.15, -0.1) is 0 Å². The predicted octanol–water partition coefficient (Wildman–Crippen LogP) is 1.82. The van der Waals surface area contributed by atoms with E-state index in [0.29, 0.717) is 30.7 Å². The monoisotopic (exact) mass is 349 g/mol. The van der Waals surface area contributed by atoms with Gasteiger partial charge in [0, 0.05) is 31.4 Å². The number of fused-ring (bicyclic) bond motifs is 3. The molecule has 3 fully saturated rings. The average molecular weight is 349 g/mol. The number of hydrogen-bond acceptors (Lipinski definition) is 3. The molecule has 3 saturated heterocycles. The Morgan fingerprint density at radius 3 is 2.69 bits per heavy atom. The molecule has 134 valence electrons. The summed E-state index contributed by atoms with van der Waals surface area (Å²) in [4.78, 5) is 28.2. The van der Waals surface area contributed by atoms with Crippen LogP contribution in [0.15, 0.2) is 35.3 Å². The molecule has 0 saturated carbocycles. The Morgan fingerprint density at radius 1 is 1.15 bits per heavy atom. The Bertz CT molecular complexity index is 946. The van der Waals surface area contributed by atoms with Crippen LogP contribution in [0.2, 0.25) is 0 Å². The van der Waals surface area contributed by atoms with E-state index in [0.717, 1.165) is 36.9 Å². The topological polar surface area (TPSA) is 54.3 Å². The Hall–Kier alpha value is -2.40. The highest BCUT2D eigenvalue weighted by Gasteiger charge is 2.39. The first-order valence-corrected chi connectivity index (χ1v) is 9.50. The number of carbonyl (C=O) groups is 1. The zero-order valence-electron chi connectivity index (χ0n) is 15.0. The maximum Gasteiger partial charge on any atom is 0.268 e. The summed E-state index contributed by atoms with van der Waals surface area (Å²) < 4.78 is 1.67. The van der Waals surface area contributed by atoms with Gasteiger partial charge >= 0.3 is 0 Å². The molecule has 1 aromatic carbocycles. The highest BCUT2D eigenvalue weighted by atomic mass is 16.2. The van der Waals surface area contributed by atoms with E-state index >= 15 is 0 Å². The maximum absolute atomic E-state index is 13.3. The molecule has 1 amide bonds. The van der Waals surface area contributed by atoms with E-state index in [2.05, 4.69) is 11.4 Å². The van der Waals surface area contributed by atoms with Gasteiger partial charge in [0.25, 0.3) is 11.5 Å². The van der Waals surface area contributed by atoms with Crippen LogP contribution in [0.25, 0.3) is 5.69 Å². The molecule has 26 heavy (non-hydrogen) atoms. The lowest BCUT2D eigenvalue weighted by molar-refractivity contribution is 0.0471. The summed E-state index contributed by atoms with van der Waals surface area (Å²) in [5.41, 5.74) is 4.40. The predicted molar refractivity (Wildman–Crippen MR) is 100 cm³/mol. The molecule has 6 rings (SSSR count). The summed E-state index contributed by atoms with van der Waals surface area (Å²) in [6.45, 7) is 3.25. The minimum atomic E-state index is -0.192. The largest absolute Gasteiger partial charge is 0.335 e. The van der Waals surface area contributed by atoms with Crippen LogP contribution in [0.1, 0.15) is 39.9 Å². The molecule has 2 aromatic rings. The van der Waals surface area contributed by atoms with Gasteiger partial charge in [-0.1, -0.05) is 12.1 Å². The molecule has 0 radical (unpaired) electrons. The third kappa shape index (κ3) is 2.34. The zero-order valence-corrected chi connectivity index (χ0v) is 15.0. The summed E-state index contributed by atoms with van der Waals surface area (Å²) in [5.74, 6) is -0.120. The van der Waals surface area contributed by atoms with E-state index in [4.69, 9.17) is 0 Å². The number of nitrogens with zero attached hydrogens (tertiary/aromatic N) is 2. The Balaban J connectivity index is 1.58. The summed E-state index contributed by atoms with van der Waals surface area (Å²) in [6, 6.07) is 8.82. The highest BCUT2D eigenvalue weighted by molar-refractivity contribution is 5.95. The number of aromatic nitrogens is 1. The second-order valence-corrected chi connectivity index (χ2v) is 7.82. The molecule has 1 N–H and O–H groups in total. The molecule has 2 bridgehead atoms. The molecule has 1 aliphatic carbocycles. The molecular weight excluding hydrogens is 326 g/mol. The lowest BCUT2D eigenvalue weighted by atomic mass is 9.91. The highest BCUT2D eigenvalue weighted by Crippen LogP contribution is 2.27. The number of rotatable bonds is 2. The van der Waals surface area contributed by atoms with Crippen molar-refractivity contribution in [3.05, 3.63) is 63.1 Å². The lowest BCUT2D eigenvalue weighted by Gasteiger charge is -2.48. The fourth-order valence-corrected chi connectivity index (χ4v) is 4.74. The fraction of sp³-hybridized carbons (Fsp3) is 0.429. The molecular formula is C21H23N3O2. The van der Waals surface area contributed by atoms with Crippen LogP contribution in [0.3, 0.4) is 0 Å². The average Bonchev–Trinajstić information content (AvgIpc) is 3.10. The minimum absolute atomic E-state index is 0.120. The van der Waals surface area contributed by atoms with Gasteiger partial charge in [-0.3, -0.25) is 14.2 Å². The van der Waals surface area contributed by atoms with Crippen molar-refractivity contribution in [3.63, 3.8) is 0 Å². The number of piperidine rings is 1. The van der Waals surface area contributed by atoms with Crippen molar-refractivity contribution in [2.75, 3.05) is 13.1 Å². The summed E-state index contributed by atoms with van der Waals surface area (Å²) in [7, 11) is 0. The molecule has 5 nitrogen and oxygen atoms in total. The van der Waals surface area contributed by atoms with E-state index in [9.17, 15) is 9.59 Å². The third-order valence-corrected chi connectivity index (χ3v) is 6.10. The molecule has 1 aromatic heterocycles. The first-order chi connectivity index (χ1) is 12.6. The Kier molecular flexibility index (Phi) is 3.54. The van der Waals surface area contributed by atoms with Crippen LogP contribution in [0, 0.1) is 6.92 Å². The summed E-state index contributed by atoms with van der Waals surface area (Å²) >= 11 is 0. The van der Waals surface area contributed by atoms with E-state index in [1.54, 1.807) is 4.57 Å². The number of nitrogens with one attached hydrogen (secondary N) is 1. The molecule has 2 atom stereocenters. The van der Waals surface area contributed by atoms with E-state index in [1.807, 2.05) is 36.2 Å². The molecule has 5 heteroatoms. The number of piperazine rings is 1. The van der Waals surface area contributed by atoms with Crippen LogP contribution >= 0.6 is 0 Å². The summed E-state index contributed by atoms with van der Waals surface area (Å²) in [5, 5.41) is 3.43. The molecule has 4 heterocycles. The van der Waals surface area contributed by atoms with Crippen molar-refractivity contribution < 1.29 is 4.79 Å². The molecule has 4 aliphatic rings. The molecule has 0 spiro atoms. The molecule has 3 aliphatic heterocycles. The van der Waals surface area contributed by atoms with Crippen LogP contribution in [0.4, 0.5) is 0 Å². The first kappa shape index (κ1) is 15.8. The number of hydrogen-bond donors (Lipinski definition) is 1. The SMILES string of the molecule is Cc1ccn(-c2cccc3c2CCC3)c(=O)c1C(=O)N1CC2CC(C1)N2. The normalized spacial score (nSPS) is 23.5. The first-order valence-electron chi connectivity index (χ1n) is 9.50. The van der Waals surface area contributed by atoms with Gasteiger partial charge < -0.3 is 10.2 Å². The number of pyridine rings is 1. The number of amides is 1. The number of benzene rings is 1. The van der Waals surface area contributed by atoms with Gasteiger partial charge in [0.1, 0.15) is 5.56 Å². The summed E-state index contributed by atoms with van der Waals surface area (Å²) in [6.07, 6.45) is 6.15.